The monoisotopic (exact) mass is 610 g/mol. The maximum Gasteiger partial charge on any atom is 0.249 e. The molecule has 3 unspecified atom stereocenters. The van der Waals surface area contributed by atoms with Crippen LogP contribution in [0, 0.1) is 0 Å². The quantitative estimate of drug-likeness (QED) is 0.0432. The van der Waals surface area contributed by atoms with E-state index >= 15 is 0 Å². The second kappa shape index (κ2) is 34.0. The first kappa shape index (κ1) is 42.1. The molecular weight excluding hydrogens is 534 g/mol. The molecule has 0 fully saturated rings. The average Bonchev–Trinajstić information content (AvgIpc) is 3.01. The number of carbonyl (C=O) groups is 1. The molecule has 0 aromatic heterocycles. The van der Waals surface area contributed by atoms with E-state index in [2.05, 4.69) is 19.2 Å². The Balaban J connectivity index is 3.72. The third kappa shape index (κ3) is 29.6. The Morgan fingerprint density at radius 3 is 1.28 bits per heavy atom. The molecule has 0 aromatic rings. The van der Waals surface area contributed by atoms with Gasteiger partial charge >= 0.3 is 0 Å². The lowest BCUT2D eigenvalue weighted by Gasteiger charge is -2.21. The van der Waals surface area contributed by atoms with Gasteiger partial charge in [-0.25, -0.2) is 0 Å². The number of allylic oxidation sites excluding steroid dienone is 1. The number of nitrogens with one attached hydrogen (secondary N) is 1. The number of amides is 1. The lowest BCUT2D eigenvalue weighted by Crippen LogP contribution is -2.48. The maximum atomic E-state index is 12.4. The molecule has 0 heterocycles. The first-order valence-electron chi connectivity index (χ1n) is 19.0. The smallest absolute Gasteiger partial charge is 0.249 e. The Kier molecular flexibility index (Phi) is 33.3. The predicted molar refractivity (Wildman–Crippen MR) is 185 cm³/mol. The van der Waals surface area contributed by atoms with Crippen molar-refractivity contribution in [1.29, 1.82) is 0 Å². The zero-order chi connectivity index (χ0) is 31.6. The van der Waals surface area contributed by atoms with E-state index < -0.39 is 24.2 Å². The van der Waals surface area contributed by atoms with Gasteiger partial charge in [0.1, 0.15) is 6.10 Å². The van der Waals surface area contributed by atoms with E-state index in [-0.39, 0.29) is 6.61 Å². The fourth-order valence-electron chi connectivity index (χ4n) is 5.83. The molecule has 5 nitrogen and oxygen atoms in total. The highest BCUT2D eigenvalue weighted by Crippen LogP contribution is 2.15. The van der Waals surface area contributed by atoms with Crippen LogP contribution in [0.1, 0.15) is 200 Å². The molecule has 43 heavy (non-hydrogen) atoms. The highest BCUT2D eigenvalue weighted by molar-refractivity contribution is 5.80. The number of carbonyl (C=O) groups excluding carboxylic acids is 1. The largest absolute Gasteiger partial charge is 0.394 e. The number of rotatable bonds is 34. The molecule has 0 aromatic carbocycles. The van der Waals surface area contributed by atoms with Crippen LogP contribution in [-0.2, 0) is 4.79 Å². The summed E-state index contributed by atoms with van der Waals surface area (Å²) < 4.78 is 0. The number of hydrogen-bond donors (Lipinski definition) is 4. The average molecular weight is 610 g/mol. The standard InChI is InChI=1S/C38H75NO4/c1-3-5-7-9-11-13-15-17-19-21-22-24-26-28-30-32-36(41)35(34-40)39-38(43)37(42)33-31-29-27-25-23-20-18-16-14-12-10-8-6-4-2/h30,32,35-37,40-42H,3-29,31,33-34H2,1-2H3,(H,39,43)/b32-30+. The molecule has 256 valence electrons. The van der Waals surface area contributed by atoms with E-state index in [1.807, 2.05) is 6.08 Å². The van der Waals surface area contributed by atoms with Gasteiger partial charge < -0.3 is 20.6 Å². The molecule has 0 saturated heterocycles. The molecular formula is C38H75NO4. The van der Waals surface area contributed by atoms with Crippen LogP contribution in [0.25, 0.3) is 0 Å². The third-order valence-electron chi connectivity index (χ3n) is 8.88. The van der Waals surface area contributed by atoms with Gasteiger partial charge in [-0.05, 0) is 19.3 Å². The Hall–Kier alpha value is -0.910. The lowest BCUT2D eigenvalue weighted by molar-refractivity contribution is -0.131. The second-order valence-corrected chi connectivity index (χ2v) is 13.1. The van der Waals surface area contributed by atoms with Gasteiger partial charge in [0.15, 0.2) is 0 Å². The third-order valence-corrected chi connectivity index (χ3v) is 8.88. The number of aliphatic hydroxyl groups is 3. The van der Waals surface area contributed by atoms with Crippen LogP contribution >= 0.6 is 0 Å². The summed E-state index contributed by atoms with van der Waals surface area (Å²) >= 11 is 0. The highest BCUT2D eigenvalue weighted by Gasteiger charge is 2.22. The molecule has 0 radical (unpaired) electrons. The number of aliphatic hydroxyl groups excluding tert-OH is 3. The molecule has 1 amide bonds. The van der Waals surface area contributed by atoms with Crippen molar-refractivity contribution in [1.82, 2.24) is 5.32 Å². The summed E-state index contributed by atoms with van der Waals surface area (Å²) in [6, 6.07) is -0.790. The molecule has 4 N–H and O–H groups in total. The molecule has 5 heteroatoms. The van der Waals surface area contributed by atoms with Gasteiger partial charge in [0.05, 0.1) is 18.8 Å². The molecule has 3 atom stereocenters. The van der Waals surface area contributed by atoms with Gasteiger partial charge in [0, 0.05) is 0 Å². The summed E-state index contributed by atoms with van der Waals surface area (Å²) in [5, 5.41) is 33.0. The summed E-state index contributed by atoms with van der Waals surface area (Å²) in [4.78, 5) is 12.4. The van der Waals surface area contributed by atoms with Crippen LogP contribution in [0.2, 0.25) is 0 Å². The number of hydrogen-bond acceptors (Lipinski definition) is 4. The minimum absolute atomic E-state index is 0.360. The normalized spacial score (nSPS) is 13.9. The minimum Gasteiger partial charge on any atom is -0.394 e. The van der Waals surface area contributed by atoms with Crippen molar-refractivity contribution in [2.75, 3.05) is 6.61 Å². The Bertz CT molecular complexity index is 596. The molecule has 0 aliphatic carbocycles. The fourth-order valence-corrected chi connectivity index (χ4v) is 5.83. The summed E-state index contributed by atoms with van der Waals surface area (Å²) in [7, 11) is 0. The van der Waals surface area contributed by atoms with Crippen molar-refractivity contribution in [3.05, 3.63) is 12.2 Å². The van der Waals surface area contributed by atoms with Crippen molar-refractivity contribution in [2.24, 2.45) is 0 Å². The van der Waals surface area contributed by atoms with E-state index in [1.165, 1.54) is 148 Å². The number of unbranched alkanes of at least 4 members (excludes halogenated alkanes) is 26. The van der Waals surface area contributed by atoms with Crippen molar-refractivity contribution >= 4 is 5.91 Å². The van der Waals surface area contributed by atoms with Crippen LogP contribution in [0.15, 0.2) is 12.2 Å². The van der Waals surface area contributed by atoms with Gasteiger partial charge in [-0.3, -0.25) is 4.79 Å². The SMILES string of the molecule is CCCCCCCCCCCCCCC/C=C/C(O)C(CO)NC(=O)C(O)CCCCCCCCCCCCCCCC. The van der Waals surface area contributed by atoms with Crippen LogP contribution in [0.5, 0.6) is 0 Å². The lowest BCUT2D eigenvalue weighted by atomic mass is 10.0. The zero-order valence-corrected chi connectivity index (χ0v) is 28.8. The van der Waals surface area contributed by atoms with Crippen molar-refractivity contribution in [3.63, 3.8) is 0 Å². The van der Waals surface area contributed by atoms with Gasteiger partial charge in [-0.15, -0.1) is 0 Å². The second-order valence-electron chi connectivity index (χ2n) is 13.1. The van der Waals surface area contributed by atoms with E-state index in [0.717, 1.165) is 32.1 Å². The summed E-state index contributed by atoms with van der Waals surface area (Å²) in [6.45, 7) is 4.17. The van der Waals surface area contributed by atoms with Crippen molar-refractivity contribution in [2.45, 2.75) is 218 Å². The first-order valence-corrected chi connectivity index (χ1v) is 19.0. The summed E-state index contributed by atoms with van der Waals surface area (Å²) in [6.07, 6.45) is 37.9. The van der Waals surface area contributed by atoms with Gasteiger partial charge in [-0.2, -0.15) is 0 Å². The minimum atomic E-state index is -1.09. The van der Waals surface area contributed by atoms with Crippen LogP contribution in [-0.4, -0.2) is 46.1 Å². The molecule has 0 bridgehead atoms. The summed E-state index contributed by atoms with van der Waals surface area (Å²) in [5.74, 6) is -0.502. The van der Waals surface area contributed by atoms with Crippen LogP contribution in [0.3, 0.4) is 0 Å². The molecule has 0 rings (SSSR count). The summed E-state index contributed by atoms with van der Waals surface area (Å²) in [5.41, 5.74) is 0. The highest BCUT2D eigenvalue weighted by atomic mass is 16.3. The van der Waals surface area contributed by atoms with Gasteiger partial charge in [0.2, 0.25) is 5.91 Å². The van der Waals surface area contributed by atoms with Gasteiger partial charge in [0.25, 0.3) is 0 Å². The Morgan fingerprint density at radius 1 is 0.558 bits per heavy atom. The topological polar surface area (TPSA) is 89.8 Å². The van der Waals surface area contributed by atoms with Crippen molar-refractivity contribution < 1.29 is 20.1 Å². The van der Waals surface area contributed by atoms with Crippen LogP contribution < -0.4 is 5.32 Å². The molecule has 0 spiro atoms. The van der Waals surface area contributed by atoms with E-state index in [4.69, 9.17) is 0 Å². The Labute approximate surface area is 268 Å². The van der Waals surface area contributed by atoms with Gasteiger partial charge in [-0.1, -0.05) is 193 Å². The molecule has 0 aliphatic rings. The predicted octanol–water partition coefficient (Wildman–Crippen LogP) is 10.1. The zero-order valence-electron chi connectivity index (χ0n) is 28.8. The first-order chi connectivity index (χ1) is 21.1. The maximum absolute atomic E-state index is 12.4. The fraction of sp³-hybridized carbons (Fsp3) is 0.921. The van der Waals surface area contributed by atoms with Crippen LogP contribution in [0.4, 0.5) is 0 Å². The van der Waals surface area contributed by atoms with E-state index in [9.17, 15) is 20.1 Å². The molecule has 0 aliphatic heterocycles. The van der Waals surface area contributed by atoms with E-state index in [0.29, 0.717) is 6.42 Å². The molecule has 0 saturated carbocycles. The Morgan fingerprint density at radius 2 is 0.907 bits per heavy atom. The van der Waals surface area contributed by atoms with Crippen molar-refractivity contribution in [3.8, 4) is 0 Å². The van der Waals surface area contributed by atoms with E-state index in [1.54, 1.807) is 6.08 Å².